The number of hydrogen-bond acceptors (Lipinski definition) is 5. The number of anilines is 2. The highest BCUT2D eigenvalue weighted by atomic mass is 16.6. The Hall–Kier alpha value is -3.62. The maximum absolute atomic E-state index is 12.7. The molecule has 1 saturated heterocycles. The maximum Gasteiger partial charge on any atom is 0.324 e. The molecule has 0 atom stereocenters. The summed E-state index contributed by atoms with van der Waals surface area (Å²) >= 11 is 0. The first kappa shape index (κ1) is 22.1. The number of carbonyl (C=O) groups excluding carboxylic acids is 2. The van der Waals surface area contributed by atoms with Gasteiger partial charge in [0.05, 0.1) is 28.8 Å². The average Bonchev–Trinajstić information content (AvgIpc) is 3.09. The summed E-state index contributed by atoms with van der Waals surface area (Å²) in [4.78, 5) is 39.2. The SMILES string of the molecule is CCN1CCN(c2ccc([N+](=O)[O-])cc2NC(=O)Cc2ccc(OC(C)C)cc2)C1=O. The summed E-state index contributed by atoms with van der Waals surface area (Å²) in [7, 11) is 0. The summed E-state index contributed by atoms with van der Waals surface area (Å²) in [5.41, 5.74) is 1.30. The zero-order chi connectivity index (χ0) is 22.5. The average molecular weight is 426 g/mol. The van der Waals surface area contributed by atoms with E-state index in [2.05, 4.69) is 5.32 Å². The molecule has 1 aliphatic rings. The van der Waals surface area contributed by atoms with Crippen LogP contribution in [0, 0.1) is 10.1 Å². The van der Waals surface area contributed by atoms with Crippen molar-refractivity contribution in [2.75, 3.05) is 29.9 Å². The van der Waals surface area contributed by atoms with Crippen molar-refractivity contribution >= 4 is 29.0 Å². The zero-order valence-electron chi connectivity index (χ0n) is 17.8. The number of nitrogens with zero attached hydrogens (tertiary/aromatic N) is 3. The van der Waals surface area contributed by atoms with Gasteiger partial charge in [0.15, 0.2) is 0 Å². The number of carbonyl (C=O) groups is 2. The second-order valence-electron chi connectivity index (χ2n) is 7.51. The van der Waals surface area contributed by atoms with Crippen LogP contribution in [-0.4, -0.2) is 47.5 Å². The molecule has 1 fully saturated rings. The first-order valence-electron chi connectivity index (χ1n) is 10.2. The fraction of sp³-hybridized carbons (Fsp3) is 0.364. The highest BCUT2D eigenvalue weighted by Crippen LogP contribution is 2.32. The third kappa shape index (κ3) is 5.30. The lowest BCUT2D eigenvalue weighted by Crippen LogP contribution is -2.32. The molecule has 0 radical (unpaired) electrons. The van der Waals surface area contributed by atoms with Gasteiger partial charge >= 0.3 is 6.03 Å². The van der Waals surface area contributed by atoms with Crippen LogP contribution < -0.4 is 15.0 Å². The first-order valence-corrected chi connectivity index (χ1v) is 10.2. The summed E-state index contributed by atoms with van der Waals surface area (Å²) < 4.78 is 5.60. The lowest BCUT2D eigenvalue weighted by Gasteiger charge is -2.20. The van der Waals surface area contributed by atoms with E-state index in [1.165, 1.54) is 23.1 Å². The van der Waals surface area contributed by atoms with E-state index in [0.29, 0.717) is 31.1 Å². The van der Waals surface area contributed by atoms with Crippen LogP contribution in [0.5, 0.6) is 5.75 Å². The number of urea groups is 1. The molecule has 0 saturated carbocycles. The van der Waals surface area contributed by atoms with E-state index in [9.17, 15) is 19.7 Å². The maximum atomic E-state index is 12.7. The number of nitro benzene ring substituents is 1. The van der Waals surface area contributed by atoms with E-state index >= 15 is 0 Å². The number of likely N-dealkylation sites (N-methyl/N-ethyl adjacent to an activating group) is 1. The molecule has 0 spiro atoms. The molecule has 164 valence electrons. The van der Waals surface area contributed by atoms with Gasteiger partial charge in [-0.15, -0.1) is 0 Å². The van der Waals surface area contributed by atoms with Crippen LogP contribution >= 0.6 is 0 Å². The molecule has 1 aliphatic heterocycles. The summed E-state index contributed by atoms with van der Waals surface area (Å²) in [6.07, 6.45) is 0.137. The Morgan fingerprint density at radius 1 is 1.19 bits per heavy atom. The number of benzene rings is 2. The molecule has 0 aromatic heterocycles. The van der Waals surface area contributed by atoms with Crippen LogP contribution in [0.4, 0.5) is 21.9 Å². The molecular weight excluding hydrogens is 400 g/mol. The molecule has 2 aromatic rings. The van der Waals surface area contributed by atoms with Gasteiger partial charge < -0.3 is 15.0 Å². The first-order chi connectivity index (χ1) is 14.8. The molecule has 9 nitrogen and oxygen atoms in total. The van der Waals surface area contributed by atoms with Gasteiger partial charge in [0.2, 0.25) is 5.91 Å². The Balaban J connectivity index is 1.79. The van der Waals surface area contributed by atoms with Crippen molar-refractivity contribution in [2.24, 2.45) is 0 Å². The van der Waals surface area contributed by atoms with Crippen LogP contribution in [0.3, 0.4) is 0 Å². The molecule has 9 heteroatoms. The predicted octanol–water partition coefficient (Wildman–Crippen LogP) is 3.83. The van der Waals surface area contributed by atoms with Crippen molar-refractivity contribution in [1.29, 1.82) is 0 Å². The van der Waals surface area contributed by atoms with Crippen LogP contribution in [-0.2, 0) is 11.2 Å². The van der Waals surface area contributed by atoms with Crippen LogP contribution in [0.1, 0.15) is 26.3 Å². The van der Waals surface area contributed by atoms with Crippen molar-refractivity contribution in [3.05, 3.63) is 58.1 Å². The molecule has 0 unspecified atom stereocenters. The predicted molar refractivity (Wildman–Crippen MR) is 118 cm³/mol. The van der Waals surface area contributed by atoms with Crippen molar-refractivity contribution in [3.8, 4) is 5.75 Å². The number of rotatable bonds is 8. The third-order valence-corrected chi connectivity index (χ3v) is 4.89. The van der Waals surface area contributed by atoms with Gasteiger partial charge in [-0.05, 0) is 44.5 Å². The molecule has 1 heterocycles. The Labute approximate surface area is 180 Å². The van der Waals surface area contributed by atoms with Gasteiger partial charge in [-0.3, -0.25) is 19.8 Å². The third-order valence-electron chi connectivity index (χ3n) is 4.89. The smallest absolute Gasteiger partial charge is 0.324 e. The number of nitro groups is 1. The minimum atomic E-state index is -0.531. The molecule has 3 amide bonds. The van der Waals surface area contributed by atoms with Crippen molar-refractivity contribution in [3.63, 3.8) is 0 Å². The molecule has 31 heavy (non-hydrogen) atoms. The lowest BCUT2D eigenvalue weighted by atomic mass is 10.1. The number of amides is 3. The molecule has 2 aromatic carbocycles. The van der Waals surface area contributed by atoms with Crippen LogP contribution in [0.2, 0.25) is 0 Å². The highest BCUT2D eigenvalue weighted by molar-refractivity contribution is 6.02. The van der Waals surface area contributed by atoms with Gasteiger partial charge in [0, 0.05) is 31.8 Å². The number of nitrogens with one attached hydrogen (secondary N) is 1. The number of non-ortho nitro benzene ring substituents is 1. The monoisotopic (exact) mass is 426 g/mol. The summed E-state index contributed by atoms with van der Waals surface area (Å²) in [5.74, 6) is 0.381. The van der Waals surface area contributed by atoms with Crippen LogP contribution in [0.15, 0.2) is 42.5 Å². The molecule has 0 bridgehead atoms. The number of ether oxygens (including phenoxy) is 1. The highest BCUT2D eigenvalue weighted by Gasteiger charge is 2.30. The second-order valence-corrected chi connectivity index (χ2v) is 7.51. The summed E-state index contributed by atoms with van der Waals surface area (Å²) in [6, 6.07) is 11.1. The Kier molecular flexibility index (Phi) is 6.74. The largest absolute Gasteiger partial charge is 0.491 e. The minimum absolute atomic E-state index is 0.0540. The quantitative estimate of drug-likeness (QED) is 0.510. The van der Waals surface area contributed by atoms with E-state index in [0.717, 1.165) is 5.56 Å². The van der Waals surface area contributed by atoms with Crippen LogP contribution in [0.25, 0.3) is 0 Å². The minimum Gasteiger partial charge on any atom is -0.491 e. The Morgan fingerprint density at radius 3 is 2.48 bits per heavy atom. The Bertz CT molecular complexity index is 974. The molecule has 0 aliphatic carbocycles. The van der Waals surface area contributed by atoms with Gasteiger partial charge in [-0.2, -0.15) is 0 Å². The van der Waals surface area contributed by atoms with E-state index in [1.807, 2.05) is 20.8 Å². The van der Waals surface area contributed by atoms with Gasteiger partial charge in [-0.1, -0.05) is 12.1 Å². The summed E-state index contributed by atoms with van der Waals surface area (Å²) in [6.45, 7) is 7.33. The van der Waals surface area contributed by atoms with E-state index in [4.69, 9.17) is 4.74 Å². The van der Waals surface area contributed by atoms with E-state index in [-0.39, 0.29) is 35.8 Å². The normalized spacial score (nSPS) is 13.6. The Morgan fingerprint density at radius 2 is 1.90 bits per heavy atom. The molecule has 1 N–H and O–H groups in total. The standard InChI is InChI=1S/C22H26N4O5/c1-4-24-11-12-25(22(24)28)20-10-7-17(26(29)30)14-19(20)23-21(27)13-16-5-8-18(9-6-16)31-15(2)3/h5-10,14-15H,4,11-13H2,1-3H3,(H,23,27). The second kappa shape index (κ2) is 9.46. The van der Waals surface area contributed by atoms with Crippen molar-refractivity contribution < 1.29 is 19.2 Å². The fourth-order valence-electron chi connectivity index (χ4n) is 3.41. The topological polar surface area (TPSA) is 105 Å². The lowest BCUT2D eigenvalue weighted by molar-refractivity contribution is -0.384. The fourth-order valence-corrected chi connectivity index (χ4v) is 3.41. The zero-order valence-corrected chi connectivity index (χ0v) is 17.8. The number of hydrogen-bond donors (Lipinski definition) is 1. The summed E-state index contributed by atoms with van der Waals surface area (Å²) in [5, 5.41) is 14.0. The molecular formula is C22H26N4O5. The van der Waals surface area contributed by atoms with Gasteiger partial charge in [0.25, 0.3) is 5.69 Å². The van der Waals surface area contributed by atoms with E-state index < -0.39 is 4.92 Å². The molecule has 3 rings (SSSR count). The van der Waals surface area contributed by atoms with Crippen molar-refractivity contribution in [1.82, 2.24) is 4.90 Å². The van der Waals surface area contributed by atoms with Crippen molar-refractivity contribution in [2.45, 2.75) is 33.3 Å². The van der Waals surface area contributed by atoms with Gasteiger partial charge in [0.1, 0.15) is 5.75 Å². The van der Waals surface area contributed by atoms with Gasteiger partial charge in [-0.25, -0.2) is 4.79 Å². The van der Waals surface area contributed by atoms with E-state index in [1.54, 1.807) is 29.2 Å².